The Balaban J connectivity index is 2.41. The zero-order valence-corrected chi connectivity index (χ0v) is 12.8. The maximum absolute atomic E-state index is 11.2. The third kappa shape index (κ3) is 2.97. The van der Waals surface area contributed by atoms with Gasteiger partial charge in [-0.05, 0) is 36.8 Å². The molecule has 0 fully saturated rings. The zero-order valence-electron chi connectivity index (χ0n) is 11.3. The van der Waals surface area contributed by atoms with Crippen LogP contribution in [0.25, 0.3) is 0 Å². The van der Waals surface area contributed by atoms with Crippen molar-refractivity contribution in [1.82, 2.24) is 0 Å². The second-order valence-electron chi connectivity index (χ2n) is 4.63. The van der Waals surface area contributed by atoms with Crippen LogP contribution in [-0.4, -0.2) is 13.3 Å². The third-order valence-electron chi connectivity index (χ3n) is 3.44. The molecule has 0 radical (unpaired) electrons. The van der Waals surface area contributed by atoms with E-state index in [9.17, 15) is 4.79 Å². The second-order valence-corrected chi connectivity index (χ2v) is 5.47. The molecule has 1 unspecified atom stereocenters. The maximum atomic E-state index is 11.2. The molecule has 0 N–H and O–H groups in total. The van der Waals surface area contributed by atoms with Crippen molar-refractivity contribution in [2.24, 2.45) is 0 Å². The number of benzene rings is 2. The highest BCUT2D eigenvalue weighted by molar-refractivity contribution is 6.31. The predicted molar refractivity (Wildman–Crippen MR) is 85.1 cm³/mol. The predicted octanol–water partition coefficient (Wildman–Crippen LogP) is 5.00. The SMILES string of the molecule is CC(c1ccccc1Cl)N(C)c1cc(Cl)ccc1C=O. The Morgan fingerprint density at radius 2 is 1.85 bits per heavy atom. The number of rotatable bonds is 4. The van der Waals surface area contributed by atoms with Crippen LogP contribution in [0, 0.1) is 0 Å². The second kappa shape index (κ2) is 6.29. The van der Waals surface area contributed by atoms with Crippen LogP contribution >= 0.6 is 23.2 Å². The van der Waals surface area contributed by atoms with Crippen LogP contribution in [0.4, 0.5) is 5.69 Å². The number of halogens is 2. The molecule has 0 aliphatic heterocycles. The number of anilines is 1. The van der Waals surface area contributed by atoms with Gasteiger partial charge < -0.3 is 4.90 Å². The van der Waals surface area contributed by atoms with Crippen LogP contribution in [0.1, 0.15) is 28.9 Å². The number of hydrogen-bond donors (Lipinski definition) is 0. The van der Waals surface area contributed by atoms with E-state index >= 15 is 0 Å². The van der Waals surface area contributed by atoms with E-state index in [0.29, 0.717) is 15.6 Å². The average molecular weight is 308 g/mol. The van der Waals surface area contributed by atoms with E-state index in [1.54, 1.807) is 18.2 Å². The van der Waals surface area contributed by atoms with Gasteiger partial charge in [-0.3, -0.25) is 4.79 Å². The molecular formula is C16H15Cl2NO. The van der Waals surface area contributed by atoms with Crippen molar-refractivity contribution in [2.75, 3.05) is 11.9 Å². The lowest BCUT2D eigenvalue weighted by molar-refractivity contribution is 0.112. The quantitative estimate of drug-likeness (QED) is 0.741. The summed E-state index contributed by atoms with van der Waals surface area (Å²) in [6, 6.07) is 12.9. The van der Waals surface area contributed by atoms with E-state index in [-0.39, 0.29) is 6.04 Å². The Hall–Kier alpha value is -1.51. The first-order valence-corrected chi connectivity index (χ1v) is 7.02. The largest absolute Gasteiger partial charge is 0.367 e. The summed E-state index contributed by atoms with van der Waals surface area (Å²) in [5, 5.41) is 1.31. The number of aldehydes is 1. The fraction of sp³-hybridized carbons (Fsp3) is 0.188. The monoisotopic (exact) mass is 307 g/mol. The van der Waals surface area contributed by atoms with E-state index in [4.69, 9.17) is 23.2 Å². The Morgan fingerprint density at radius 3 is 2.50 bits per heavy atom. The van der Waals surface area contributed by atoms with E-state index in [1.807, 2.05) is 43.1 Å². The van der Waals surface area contributed by atoms with Crippen LogP contribution in [0.2, 0.25) is 10.0 Å². The highest BCUT2D eigenvalue weighted by Crippen LogP contribution is 2.32. The van der Waals surface area contributed by atoms with Gasteiger partial charge in [0.25, 0.3) is 0 Å². The van der Waals surface area contributed by atoms with Crippen molar-refractivity contribution >= 4 is 35.2 Å². The van der Waals surface area contributed by atoms with E-state index in [0.717, 1.165) is 17.5 Å². The highest BCUT2D eigenvalue weighted by atomic mass is 35.5. The normalized spacial score (nSPS) is 12.0. The van der Waals surface area contributed by atoms with Gasteiger partial charge in [-0.25, -0.2) is 0 Å². The number of nitrogens with zero attached hydrogens (tertiary/aromatic N) is 1. The topological polar surface area (TPSA) is 20.3 Å². The molecule has 2 aromatic carbocycles. The van der Waals surface area contributed by atoms with Crippen LogP contribution in [-0.2, 0) is 0 Å². The van der Waals surface area contributed by atoms with Crippen molar-refractivity contribution in [3.05, 3.63) is 63.6 Å². The van der Waals surface area contributed by atoms with E-state index < -0.39 is 0 Å². The van der Waals surface area contributed by atoms with Gasteiger partial charge in [-0.2, -0.15) is 0 Å². The summed E-state index contributed by atoms with van der Waals surface area (Å²) in [4.78, 5) is 13.2. The van der Waals surface area contributed by atoms with Crippen molar-refractivity contribution in [2.45, 2.75) is 13.0 Å². The van der Waals surface area contributed by atoms with E-state index in [2.05, 4.69) is 0 Å². The number of carbonyl (C=O) groups is 1. The fourth-order valence-corrected chi connectivity index (χ4v) is 2.61. The van der Waals surface area contributed by atoms with Gasteiger partial charge in [0.2, 0.25) is 0 Å². The molecule has 0 saturated carbocycles. The molecule has 0 spiro atoms. The summed E-state index contributed by atoms with van der Waals surface area (Å²) in [7, 11) is 1.92. The number of hydrogen-bond acceptors (Lipinski definition) is 2. The van der Waals surface area contributed by atoms with Crippen LogP contribution in [0.3, 0.4) is 0 Å². The zero-order chi connectivity index (χ0) is 14.7. The number of carbonyl (C=O) groups excluding carboxylic acids is 1. The van der Waals surface area contributed by atoms with Gasteiger partial charge in [0, 0.05) is 28.3 Å². The molecule has 0 aromatic heterocycles. The van der Waals surface area contributed by atoms with Gasteiger partial charge in [0.1, 0.15) is 0 Å². The van der Waals surface area contributed by atoms with Crippen LogP contribution in [0.15, 0.2) is 42.5 Å². The lowest BCUT2D eigenvalue weighted by Gasteiger charge is -2.29. The smallest absolute Gasteiger partial charge is 0.152 e. The van der Waals surface area contributed by atoms with Gasteiger partial charge in [-0.15, -0.1) is 0 Å². The molecular weight excluding hydrogens is 293 g/mol. The molecule has 0 saturated heterocycles. The van der Waals surface area contributed by atoms with Gasteiger partial charge >= 0.3 is 0 Å². The Labute approximate surface area is 128 Å². The van der Waals surface area contributed by atoms with E-state index in [1.165, 1.54) is 0 Å². The Kier molecular flexibility index (Phi) is 4.69. The fourth-order valence-electron chi connectivity index (χ4n) is 2.15. The van der Waals surface area contributed by atoms with Crippen LogP contribution in [0.5, 0.6) is 0 Å². The molecule has 1 atom stereocenters. The summed E-state index contributed by atoms with van der Waals surface area (Å²) in [6.45, 7) is 2.04. The van der Waals surface area contributed by atoms with Gasteiger partial charge in [-0.1, -0.05) is 41.4 Å². The Morgan fingerprint density at radius 1 is 1.15 bits per heavy atom. The molecule has 0 heterocycles. The van der Waals surface area contributed by atoms with Gasteiger partial charge in [0.15, 0.2) is 6.29 Å². The molecule has 20 heavy (non-hydrogen) atoms. The van der Waals surface area contributed by atoms with Crippen molar-refractivity contribution in [3.8, 4) is 0 Å². The lowest BCUT2D eigenvalue weighted by atomic mass is 10.1. The minimum Gasteiger partial charge on any atom is -0.367 e. The molecule has 2 rings (SSSR count). The summed E-state index contributed by atoms with van der Waals surface area (Å²) < 4.78 is 0. The lowest BCUT2D eigenvalue weighted by Crippen LogP contribution is -2.23. The first kappa shape index (κ1) is 14.9. The van der Waals surface area contributed by atoms with Crippen molar-refractivity contribution in [3.63, 3.8) is 0 Å². The molecule has 2 aromatic rings. The molecule has 2 nitrogen and oxygen atoms in total. The molecule has 0 aliphatic rings. The highest BCUT2D eigenvalue weighted by Gasteiger charge is 2.17. The summed E-state index contributed by atoms with van der Waals surface area (Å²) >= 11 is 12.3. The first-order chi connectivity index (χ1) is 9.54. The third-order valence-corrected chi connectivity index (χ3v) is 4.02. The minimum absolute atomic E-state index is 0.0286. The molecule has 0 bridgehead atoms. The molecule has 0 amide bonds. The summed E-state index contributed by atoms with van der Waals surface area (Å²) in [5.41, 5.74) is 2.41. The molecule has 4 heteroatoms. The van der Waals surface area contributed by atoms with Crippen LogP contribution < -0.4 is 4.90 Å². The summed E-state index contributed by atoms with van der Waals surface area (Å²) in [5.74, 6) is 0. The Bertz CT molecular complexity index is 628. The minimum atomic E-state index is 0.0286. The molecule has 104 valence electrons. The standard InChI is InChI=1S/C16H15Cl2NO/c1-11(14-5-3-4-6-15(14)18)19(2)16-9-13(17)8-7-12(16)10-20/h3-11H,1-2H3. The summed E-state index contributed by atoms with van der Waals surface area (Å²) in [6.07, 6.45) is 0.835. The average Bonchev–Trinajstić information content (AvgIpc) is 2.46. The maximum Gasteiger partial charge on any atom is 0.152 e. The molecule has 0 aliphatic carbocycles. The van der Waals surface area contributed by atoms with Crippen molar-refractivity contribution in [1.29, 1.82) is 0 Å². The first-order valence-electron chi connectivity index (χ1n) is 6.26. The van der Waals surface area contributed by atoms with Gasteiger partial charge in [0.05, 0.1) is 6.04 Å². The van der Waals surface area contributed by atoms with Crippen molar-refractivity contribution < 1.29 is 4.79 Å².